The first kappa shape index (κ1) is 14.7. The number of rotatable bonds is 4. The Labute approximate surface area is 126 Å². The number of nitrogens with two attached hydrogens (primary N) is 2. The van der Waals surface area contributed by atoms with Crippen molar-refractivity contribution < 1.29 is 0 Å². The van der Waals surface area contributed by atoms with Crippen LogP contribution in [0.25, 0.3) is 0 Å². The van der Waals surface area contributed by atoms with E-state index in [1.54, 1.807) is 17.0 Å². The van der Waals surface area contributed by atoms with Crippen molar-refractivity contribution in [3.8, 4) is 0 Å². The first-order valence-electron chi connectivity index (χ1n) is 5.81. The van der Waals surface area contributed by atoms with Gasteiger partial charge in [-0.05, 0) is 18.2 Å². The number of halogens is 1. The Kier molecular flexibility index (Phi) is 4.51. The van der Waals surface area contributed by atoms with Gasteiger partial charge >= 0.3 is 0 Å². The summed E-state index contributed by atoms with van der Waals surface area (Å²) in [6.07, 6.45) is 0. The van der Waals surface area contributed by atoms with Crippen molar-refractivity contribution in [1.82, 2.24) is 15.0 Å². The van der Waals surface area contributed by atoms with Crippen LogP contribution in [-0.4, -0.2) is 29.0 Å². The number of thioether (sulfide) groups is 1. The van der Waals surface area contributed by atoms with E-state index in [9.17, 15) is 0 Å². The second-order valence-electron chi connectivity index (χ2n) is 4.28. The molecule has 1 aromatic heterocycles. The molecule has 0 spiro atoms. The van der Waals surface area contributed by atoms with Gasteiger partial charge in [-0.3, -0.25) is 0 Å². The third-order valence-electron chi connectivity index (χ3n) is 2.42. The molecule has 1 heterocycles. The first-order chi connectivity index (χ1) is 9.45. The third kappa shape index (κ3) is 3.64. The molecule has 0 aliphatic carbocycles. The van der Waals surface area contributed by atoms with Crippen LogP contribution in [0.1, 0.15) is 5.82 Å². The zero-order valence-corrected chi connectivity index (χ0v) is 12.7. The highest BCUT2D eigenvalue weighted by Crippen LogP contribution is 2.30. The Morgan fingerprint density at radius 3 is 2.65 bits per heavy atom. The predicted octanol–water partition coefficient (Wildman–Crippen LogP) is 2.05. The maximum atomic E-state index is 5.95. The van der Waals surface area contributed by atoms with Crippen molar-refractivity contribution in [2.75, 3.05) is 30.5 Å². The molecule has 106 valence electrons. The maximum Gasteiger partial charge on any atom is 0.229 e. The maximum absolute atomic E-state index is 5.95. The fourth-order valence-corrected chi connectivity index (χ4v) is 2.56. The van der Waals surface area contributed by atoms with Crippen molar-refractivity contribution in [1.29, 1.82) is 0 Å². The summed E-state index contributed by atoms with van der Waals surface area (Å²) in [7, 11) is 3.70. The highest BCUT2D eigenvalue weighted by molar-refractivity contribution is 7.98. The Morgan fingerprint density at radius 1 is 1.20 bits per heavy atom. The quantitative estimate of drug-likeness (QED) is 0.659. The Bertz CT molecular complexity index is 619. The van der Waals surface area contributed by atoms with Crippen LogP contribution in [0.4, 0.5) is 17.6 Å². The summed E-state index contributed by atoms with van der Waals surface area (Å²) in [5, 5.41) is 0.644. The van der Waals surface area contributed by atoms with Gasteiger partial charge in [0.2, 0.25) is 11.9 Å². The molecular formula is C12H15ClN6S. The fourth-order valence-electron chi connectivity index (χ4n) is 1.47. The molecule has 0 unspecified atom stereocenters. The molecule has 0 saturated carbocycles. The molecule has 0 amide bonds. The Hall–Kier alpha value is -1.73. The molecule has 0 bridgehead atoms. The highest BCUT2D eigenvalue weighted by Gasteiger charge is 2.08. The number of aromatic nitrogens is 3. The number of anilines is 3. The van der Waals surface area contributed by atoms with Crippen LogP contribution in [0, 0.1) is 0 Å². The Morgan fingerprint density at radius 2 is 1.95 bits per heavy atom. The molecule has 0 aliphatic heterocycles. The SMILES string of the molecule is CN(C)c1nc(N)nc(CSc2cc(Cl)ccc2N)n1. The Balaban J connectivity index is 2.16. The number of hydrogen-bond acceptors (Lipinski definition) is 7. The van der Waals surface area contributed by atoms with Gasteiger partial charge in [-0.15, -0.1) is 11.8 Å². The fraction of sp³-hybridized carbons (Fsp3) is 0.250. The minimum atomic E-state index is 0.207. The zero-order valence-electron chi connectivity index (χ0n) is 11.2. The van der Waals surface area contributed by atoms with Gasteiger partial charge in [0.1, 0.15) is 5.82 Å². The molecule has 0 radical (unpaired) electrons. The zero-order chi connectivity index (χ0) is 14.7. The second-order valence-corrected chi connectivity index (χ2v) is 5.73. The van der Waals surface area contributed by atoms with Crippen molar-refractivity contribution in [2.24, 2.45) is 0 Å². The van der Waals surface area contributed by atoms with E-state index in [4.69, 9.17) is 23.1 Å². The van der Waals surface area contributed by atoms with E-state index in [0.29, 0.717) is 28.2 Å². The van der Waals surface area contributed by atoms with Gasteiger partial charge in [0.15, 0.2) is 0 Å². The molecule has 2 rings (SSSR count). The summed E-state index contributed by atoms with van der Waals surface area (Å²) < 4.78 is 0. The van der Waals surface area contributed by atoms with E-state index in [0.717, 1.165) is 4.90 Å². The second kappa shape index (κ2) is 6.15. The molecule has 0 atom stereocenters. The molecular weight excluding hydrogens is 296 g/mol. The number of hydrogen-bond donors (Lipinski definition) is 2. The normalized spacial score (nSPS) is 10.6. The summed E-state index contributed by atoms with van der Waals surface area (Å²) >= 11 is 7.46. The summed E-state index contributed by atoms with van der Waals surface area (Å²) in [6, 6.07) is 5.35. The van der Waals surface area contributed by atoms with Gasteiger partial charge in [0.25, 0.3) is 0 Å². The van der Waals surface area contributed by atoms with Gasteiger partial charge in [0, 0.05) is 29.7 Å². The van der Waals surface area contributed by atoms with Crippen LogP contribution < -0.4 is 16.4 Å². The average molecular weight is 311 g/mol. The van der Waals surface area contributed by atoms with Crippen LogP contribution in [-0.2, 0) is 5.75 Å². The number of benzene rings is 1. The van der Waals surface area contributed by atoms with E-state index < -0.39 is 0 Å². The van der Waals surface area contributed by atoms with Crippen molar-refractivity contribution in [2.45, 2.75) is 10.6 Å². The van der Waals surface area contributed by atoms with Crippen molar-refractivity contribution in [3.63, 3.8) is 0 Å². The summed E-state index contributed by atoms with van der Waals surface area (Å²) in [5.41, 5.74) is 12.2. The predicted molar refractivity (Wildman–Crippen MR) is 84.0 cm³/mol. The smallest absolute Gasteiger partial charge is 0.229 e. The molecule has 0 aliphatic rings. The van der Waals surface area contributed by atoms with Gasteiger partial charge < -0.3 is 16.4 Å². The lowest BCUT2D eigenvalue weighted by Crippen LogP contribution is -2.15. The van der Waals surface area contributed by atoms with E-state index in [1.807, 2.05) is 20.2 Å². The average Bonchev–Trinajstić information content (AvgIpc) is 2.39. The third-order valence-corrected chi connectivity index (χ3v) is 3.72. The van der Waals surface area contributed by atoms with E-state index >= 15 is 0 Å². The minimum absolute atomic E-state index is 0.207. The topological polar surface area (TPSA) is 94.0 Å². The summed E-state index contributed by atoms with van der Waals surface area (Å²) in [6.45, 7) is 0. The molecule has 4 N–H and O–H groups in total. The molecule has 1 aromatic carbocycles. The standard InChI is InChI=1S/C12H15ClN6S/c1-19(2)12-17-10(16-11(15)18-12)6-20-9-5-7(13)3-4-8(9)14/h3-5H,6,14H2,1-2H3,(H2,15,16,17,18). The molecule has 0 fully saturated rings. The number of nitrogens with zero attached hydrogens (tertiary/aromatic N) is 4. The van der Waals surface area contributed by atoms with Gasteiger partial charge in [-0.1, -0.05) is 11.6 Å². The van der Waals surface area contributed by atoms with Crippen LogP contribution in [0.2, 0.25) is 5.02 Å². The van der Waals surface area contributed by atoms with Crippen LogP contribution in [0.3, 0.4) is 0 Å². The largest absolute Gasteiger partial charge is 0.398 e. The minimum Gasteiger partial charge on any atom is -0.398 e. The van der Waals surface area contributed by atoms with E-state index in [1.165, 1.54) is 11.8 Å². The van der Waals surface area contributed by atoms with E-state index in [2.05, 4.69) is 15.0 Å². The van der Waals surface area contributed by atoms with E-state index in [-0.39, 0.29) is 5.95 Å². The lowest BCUT2D eigenvalue weighted by molar-refractivity contribution is 0.919. The van der Waals surface area contributed by atoms with Crippen molar-refractivity contribution >= 4 is 40.9 Å². The molecule has 0 saturated heterocycles. The lowest BCUT2D eigenvalue weighted by Gasteiger charge is -2.11. The molecule has 20 heavy (non-hydrogen) atoms. The molecule has 6 nitrogen and oxygen atoms in total. The summed E-state index contributed by atoms with van der Waals surface area (Å²) in [5.74, 6) is 1.88. The van der Waals surface area contributed by atoms with Gasteiger partial charge in [-0.25, -0.2) is 0 Å². The summed E-state index contributed by atoms with van der Waals surface area (Å²) in [4.78, 5) is 15.2. The first-order valence-corrected chi connectivity index (χ1v) is 7.17. The van der Waals surface area contributed by atoms with Crippen molar-refractivity contribution in [3.05, 3.63) is 29.0 Å². The van der Waals surface area contributed by atoms with Crippen LogP contribution >= 0.6 is 23.4 Å². The van der Waals surface area contributed by atoms with Gasteiger partial charge in [0.05, 0.1) is 5.75 Å². The molecule has 2 aromatic rings. The monoisotopic (exact) mass is 310 g/mol. The lowest BCUT2D eigenvalue weighted by atomic mass is 10.3. The highest BCUT2D eigenvalue weighted by atomic mass is 35.5. The van der Waals surface area contributed by atoms with Gasteiger partial charge in [-0.2, -0.15) is 15.0 Å². The number of nitrogen functional groups attached to an aromatic ring is 2. The van der Waals surface area contributed by atoms with Crippen LogP contribution in [0.15, 0.2) is 23.1 Å². The van der Waals surface area contributed by atoms with Crippen LogP contribution in [0.5, 0.6) is 0 Å². The molecule has 8 heteroatoms.